The molecule has 0 saturated carbocycles. The van der Waals surface area contributed by atoms with E-state index in [1.54, 1.807) is 24.3 Å². The zero-order valence-corrected chi connectivity index (χ0v) is 12.2. The van der Waals surface area contributed by atoms with Crippen molar-refractivity contribution in [1.82, 2.24) is 0 Å². The van der Waals surface area contributed by atoms with Gasteiger partial charge in [-0.25, -0.2) is 4.99 Å². The number of hydrogen-bond acceptors (Lipinski definition) is 4. The van der Waals surface area contributed by atoms with Gasteiger partial charge in [0.1, 0.15) is 0 Å². The Bertz CT molecular complexity index is 845. The van der Waals surface area contributed by atoms with Gasteiger partial charge in [0.15, 0.2) is 5.78 Å². The number of nitro groups is 1. The summed E-state index contributed by atoms with van der Waals surface area (Å²) in [4.78, 5) is 38.7. The van der Waals surface area contributed by atoms with Crippen LogP contribution in [-0.4, -0.2) is 22.3 Å². The topological polar surface area (TPSA) is 89.6 Å². The van der Waals surface area contributed by atoms with E-state index in [1.807, 2.05) is 6.07 Å². The minimum absolute atomic E-state index is 0.0146. The Hall–Kier alpha value is -3.15. The van der Waals surface area contributed by atoms with E-state index in [0.29, 0.717) is 16.8 Å². The van der Waals surface area contributed by atoms with E-state index < -0.39 is 22.5 Å². The fraction of sp³-hybridized carbons (Fsp3) is 0.118. The lowest BCUT2D eigenvalue weighted by atomic mass is 9.79. The van der Waals surface area contributed by atoms with Crippen LogP contribution in [0.15, 0.2) is 64.8 Å². The van der Waals surface area contributed by atoms with Crippen molar-refractivity contribution in [2.45, 2.75) is 6.92 Å². The number of Topliss-reactive ketones (excluding diaryl/α,β-unsaturated/α-hetero) is 1. The molecule has 1 heterocycles. The molecule has 0 saturated heterocycles. The fourth-order valence-electron chi connectivity index (χ4n) is 2.77. The molecule has 1 aliphatic heterocycles. The smallest absolute Gasteiger partial charge is 0.281 e. The van der Waals surface area contributed by atoms with Crippen LogP contribution in [0.5, 0.6) is 0 Å². The predicted octanol–water partition coefficient (Wildman–Crippen LogP) is 2.36. The van der Waals surface area contributed by atoms with Gasteiger partial charge < -0.3 is 0 Å². The third-order valence-corrected chi connectivity index (χ3v) is 3.75. The van der Waals surface area contributed by atoms with E-state index in [2.05, 4.69) is 4.99 Å². The average Bonchev–Trinajstić information content (AvgIpc) is 2.53. The summed E-state index contributed by atoms with van der Waals surface area (Å²) in [5, 5.41) is 11.0. The molecule has 2 aliphatic rings. The minimum atomic E-state index is -0.606. The van der Waals surface area contributed by atoms with Crippen molar-refractivity contribution in [3.8, 4) is 0 Å². The summed E-state index contributed by atoms with van der Waals surface area (Å²) in [6.45, 7) is 1.30. The van der Waals surface area contributed by atoms with Crippen molar-refractivity contribution in [2.24, 2.45) is 10.9 Å². The molecule has 1 amide bonds. The summed E-state index contributed by atoms with van der Waals surface area (Å²) < 4.78 is 0. The van der Waals surface area contributed by atoms with Gasteiger partial charge >= 0.3 is 0 Å². The second-order valence-corrected chi connectivity index (χ2v) is 5.21. The quantitative estimate of drug-likeness (QED) is 0.487. The number of fused-ring (bicyclic) bond motifs is 1. The molecule has 1 atom stereocenters. The highest BCUT2D eigenvalue weighted by atomic mass is 16.6. The van der Waals surface area contributed by atoms with E-state index in [1.165, 1.54) is 25.2 Å². The van der Waals surface area contributed by atoms with E-state index >= 15 is 0 Å². The third-order valence-electron chi connectivity index (χ3n) is 3.75. The van der Waals surface area contributed by atoms with Crippen LogP contribution in [-0.2, 0) is 9.59 Å². The molecule has 1 aromatic carbocycles. The summed E-state index contributed by atoms with van der Waals surface area (Å²) in [5.41, 5.74) is 1.46. The molecule has 6 nitrogen and oxygen atoms in total. The van der Waals surface area contributed by atoms with E-state index in [0.717, 1.165) is 0 Å². The second-order valence-electron chi connectivity index (χ2n) is 5.21. The van der Waals surface area contributed by atoms with E-state index in [9.17, 15) is 19.7 Å². The highest BCUT2D eigenvalue weighted by molar-refractivity contribution is 6.31. The van der Waals surface area contributed by atoms with Crippen LogP contribution in [0.25, 0.3) is 5.57 Å². The van der Waals surface area contributed by atoms with E-state index in [4.69, 9.17) is 0 Å². The second kappa shape index (κ2) is 5.57. The van der Waals surface area contributed by atoms with Crippen molar-refractivity contribution in [3.63, 3.8) is 0 Å². The largest absolute Gasteiger partial charge is 0.294 e. The molecule has 0 fully saturated rings. The number of hydrogen-bond donors (Lipinski definition) is 0. The Morgan fingerprint density at radius 3 is 2.52 bits per heavy atom. The maximum atomic E-state index is 12.2. The lowest BCUT2D eigenvalue weighted by Gasteiger charge is -2.25. The number of benzene rings is 1. The molecule has 1 aliphatic carbocycles. The Kier molecular flexibility index (Phi) is 3.57. The summed E-state index contributed by atoms with van der Waals surface area (Å²) in [6.07, 6.45) is 4.20. The van der Waals surface area contributed by atoms with Gasteiger partial charge in [-0.15, -0.1) is 0 Å². The Morgan fingerprint density at radius 1 is 1.22 bits per heavy atom. The van der Waals surface area contributed by atoms with Crippen molar-refractivity contribution in [3.05, 3.63) is 75.5 Å². The monoisotopic (exact) mass is 308 g/mol. The van der Waals surface area contributed by atoms with Crippen LogP contribution < -0.4 is 0 Å². The molecule has 0 spiro atoms. The predicted molar refractivity (Wildman–Crippen MR) is 84.2 cm³/mol. The van der Waals surface area contributed by atoms with Gasteiger partial charge in [0.05, 0.1) is 22.1 Å². The molecule has 3 rings (SSSR count). The molecule has 23 heavy (non-hydrogen) atoms. The standard InChI is InChI=1S/C17H12N2O4/c1-10(20)15-16(11-5-3-2-4-6-11)13-9-12(19(22)23)7-8-14(13)18-17(15)21/h2-9,13H,1H3. The number of rotatable bonds is 3. The molecule has 0 aromatic heterocycles. The Morgan fingerprint density at radius 2 is 1.91 bits per heavy atom. The first-order chi connectivity index (χ1) is 11.0. The number of carbonyl (C=O) groups is 2. The molecule has 0 radical (unpaired) electrons. The van der Waals surface area contributed by atoms with Crippen LogP contribution in [0, 0.1) is 16.0 Å². The first-order valence-corrected chi connectivity index (χ1v) is 6.96. The van der Waals surface area contributed by atoms with Gasteiger partial charge in [0.25, 0.3) is 11.6 Å². The molecular formula is C17H12N2O4. The van der Waals surface area contributed by atoms with Crippen LogP contribution in [0.4, 0.5) is 0 Å². The van der Waals surface area contributed by atoms with Crippen molar-refractivity contribution < 1.29 is 14.5 Å². The average molecular weight is 308 g/mol. The summed E-state index contributed by atoms with van der Waals surface area (Å²) in [5.74, 6) is -1.59. The number of ketones is 1. The molecular weight excluding hydrogens is 296 g/mol. The van der Waals surface area contributed by atoms with Gasteiger partial charge in [-0.05, 0) is 24.1 Å². The maximum Gasteiger partial charge on any atom is 0.281 e. The van der Waals surface area contributed by atoms with Crippen LogP contribution >= 0.6 is 0 Å². The molecule has 114 valence electrons. The molecule has 6 heteroatoms. The van der Waals surface area contributed by atoms with Gasteiger partial charge in [-0.2, -0.15) is 0 Å². The Balaban J connectivity index is 2.25. The SMILES string of the molecule is CC(=O)C1=C(c2ccccc2)C2C=C([N+](=O)[O-])C=CC2=NC1=O. The molecule has 1 aromatic rings. The van der Waals surface area contributed by atoms with Gasteiger partial charge in [0.2, 0.25) is 0 Å². The number of carbonyl (C=O) groups excluding carboxylic acids is 2. The zero-order valence-electron chi connectivity index (χ0n) is 12.2. The first kappa shape index (κ1) is 14.8. The highest BCUT2D eigenvalue weighted by Crippen LogP contribution is 2.36. The number of dihydropyridines is 1. The number of allylic oxidation sites excluding steroid dienone is 4. The van der Waals surface area contributed by atoms with Crippen LogP contribution in [0.2, 0.25) is 0 Å². The molecule has 0 N–H and O–H groups in total. The van der Waals surface area contributed by atoms with Crippen molar-refractivity contribution in [2.75, 3.05) is 0 Å². The van der Waals surface area contributed by atoms with Gasteiger partial charge in [0, 0.05) is 12.2 Å². The van der Waals surface area contributed by atoms with Crippen LogP contribution in [0.1, 0.15) is 12.5 Å². The third kappa shape index (κ3) is 2.55. The highest BCUT2D eigenvalue weighted by Gasteiger charge is 2.35. The fourth-order valence-corrected chi connectivity index (χ4v) is 2.77. The number of nitrogens with zero attached hydrogens (tertiary/aromatic N) is 2. The van der Waals surface area contributed by atoms with Gasteiger partial charge in [-0.3, -0.25) is 19.7 Å². The van der Waals surface area contributed by atoms with Gasteiger partial charge in [-0.1, -0.05) is 30.3 Å². The van der Waals surface area contributed by atoms with Crippen LogP contribution in [0.3, 0.4) is 0 Å². The minimum Gasteiger partial charge on any atom is -0.294 e. The summed E-state index contributed by atoms with van der Waals surface area (Å²) in [6, 6.07) is 8.93. The van der Waals surface area contributed by atoms with Crippen molar-refractivity contribution >= 4 is 23.0 Å². The summed E-state index contributed by atoms with van der Waals surface area (Å²) in [7, 11) is 0. The normalized spacial score (nSPS) is 19.9. The van der Waals surface area contributed by atoms with Crippen molar-refractivity contribution in [1.29, 1.82) is 0 Å². The summed E-state index contributed by atoms with van der Waals surface area (Å²) >= 11 is 0. The lowest BCUT2D eigenvalue weighted by molar-refractivity contribution is -0.419. The zero-order chi connectivity index (χ0) is 16.6. The van der Waals surface area contributed by atoms with E-state index in [-0.39, 0.29) is 11.3 Å². The Labute approximate surface area is 131 Å². The maximum absolute atomic E-state index is 12.2. The molecule has 1 unspecified atom stereocenters. The molecule has 0 bridgehead atoms. The number of aliphatic imine (C=N–C) groups is 1. The number of amides is 1. The first-order valence-electron chi connectivity index (χ1n) is 6.96. The lowest BCUT2D eigenvalue weighted by Crippen LogP contribution is -2.27.